The van der Waals surface area contributed by atoms with Crippen LogP contribution in [0.25, 0.3) is 0 Å². The number of hydrogen-bond donors (Lipinski definition) is 1. The average molecular weight is 498 g/mol. The van der Waals surface area contributed by atoms with Gasteiger partial charge in [-0.05, 0) is 52.7 Å². The van der Waals surface area contributed by atoms with Crippen molar-refractivity contribution in [1.29, 1.82) is 0 Å². The normalized spacial score (nSPS) is 20.2. The van der Waals surface area contributed by atoms with E-state index in [-0.39, 0.29) is 35.1 Å². The largest absolute Gasteiger partial charge is 0.487 e. The quantitative estimate of drug-likeness (QED) is 0.604. The van der Waals surface area contributed by atoms with E-state index < -0.39 is 0 Å². The third-order valence-corrected chi connectivity index (χ3v) is 7.03. The van der Waals surface area contributed by atoms with E-state index in [0.29, 0.717) is 31.0 Å². The second-order valence-corrected chi connectivity index (χ2v) is 10.5. The summed E-state index contributed by atoms with van der Waals surface area (Å²) >= 11 is 0. The Morgan fingerprint density at radius 1 is 1.11 bits per heavy atom. The molecule has 1 unspecified atom stereocenters. The van der Waals surface area contributed by atoms with E-state index in [4.69, 9.17) is 14.2 Å². The summed E-state index contributed by atoms with van der Waals surface area (Å²) in [7, 11) is 0. The van der Waals surface area contributed by atoms with Gasteiger partial charge in [0.05, 0.1) is 24.5 Å². The number of nitrogens with zero attached hydrogens (tertiary/aromatic N) is 2. The smallest absolute Gasteiger partial charge is 0.257 e. The maximum atomic E-state index is 13.5. The first-order valence-corrected chi connectivity index (χ1v) is 12.9. The number of carbonyl (C=O) groups excluding carboxylic acids is 1. The third-order valence-electron chi connectivity index (χ3n) is 7.03. The van der Waals surface area contributed by atoms with Crippen molar-refractivity contribution in [2.45, 2.75) is 65.3 Å². The van der Waals surface area contributed by atoms with Gasteiger partial charge in [0.25, 0.3) is 5.91 Å². The molecule has 0 radical (unpaired) electrons. The minimum absolute atomic E-state index is 0.0466. The van der Waals surface area contributed by atoms with Crippen LogP contribution < -0.4 is 15.5 Å². The molecule has 1 atom stereocenters. The Bertz CT molecular complexity index is 1100. The molecule has 1 N–H and O–H groups in total. The van der Waals surface area contributed by atoms with Crippen LogP contribution in [0.3, 0.4) is 0 Å². The van der Waals surface area contributed by atoms with Crippen LogP contribution in [0.2, 0.25) is 0 Å². The van der Waals surface area contributed by atoms with Gasteiger partial charge >= 0.3 is 0 Å². The Hall–Kier alpha value is -2.68. The van der Waals surface area contributed by atoms with E-state index in [1.54, 1.807) is 6.07 Å². The van der Waals surface area contributed by atoms with Crippen LogP contribution in [0.15, 0.2) is 35.1 Å². The van der Waals surface area contributed by atoms with Crippen molar-refractivity contribution in [2.24, 2.45) is 0 Å². The summed E-state index contributed by atoms with van der Waals surface area (Å²) < 4.78 is 19.4. The maximum absolute atomic E-state index is 13.5. The van der Waals surface area contributed by atoms with E-state index in [9.17, 15) is 9.59 Å². The van der Waals surface area contributed by atoms with Crippen LogP contribution >= 0.6 is 0 Å². The van der Waals surface area contributed by atoms with Crippen molar-refractivity contribution in [3.05, 3.63) is 63.1 Å². The van der Waals surface area contributed by atoms with Crippen LogP contribution in [0.1, 0.15) is 54.0 Å². The van der Waals surface area contributed by atoms with Crippen LogP contribution in [0, 0.1) is 13.8 Å². The van der Waals surface area contributed by atoms with Crippen molar-refractivity contribution in [1.82, 2.24) is 14.8 Å². The number of pyridine rings is 1. The minimum atomic E-state index is -0.342. The summed E-state index contributed by atoms with van der Waals surface area (Å²) in [4.78, 5) is 29.1. The first-order chi connectivity index (χ1) is 17.2. The second kappa shape index (κ2) is 11.6. The van der Waals surface area contributed by atoms with E-state index >= 15 is 0 Å². The van der Waals surface area contributed by atoms with Crippen LogP contribution in [0.5, 0.6) is 5.75 Å². The number of carbonyl (C=O) groups is 1. The van der Waals surface area contributed by atoms with Crippen molar-refractivity contribution in [3.8, 4) is 5.75 Å². The number of nitrogens with one attached hydrogen (secondary N) is 1. The lowest BCUT2D eigenvalue weighted by Gasteiger charge is -2.36. The van der Waals surface area contributed by atoms with Crippen molar-refractivity contribution in [3.63, 3.8) is 0 Å². The van der Waals surface area contributed by atoms with E-state index in [1.807, 2.05) is 52.0 Å². The number of benzene rings is 1. The van der Waals surface area contributed by atoms with Gasteiger partial charge in [0.15, 0.2) is 5.43 Å². The lowest BCUT2D eigenvalue weighted by atomic mass is 9.93. The predicted molar refractivity (Wildman–Crippen MR) is 139 cm³/mol. The van der Waals surface area contributed by atoms with Crippen molar-refractivity contribution in [2.75, 3.05) is 39.5 Å². The molecule has 8 nitrogen and oxygen atoms in total. The number of rotatable bonds is 8. The summed E-state index contributed by atoms with van der Waals surface area (Å²) in [6.45, 7) is 13.4. The van der Waals surface area contributed by atoms with Gasteiger partial charge in [-0.3, -0.25) is 14.5 Å². The predicted octanol–water partition coefficient (Wildman–Crippen LogP) is 3.06. The second-order valence-electron chi connectivity index (χ2n) is 10.5. The Balaban J connectivity index is 1.62. The number of hydrogen-bond acceptors (Lipinski definition) is 6. The van der Waals surface area contributed by atoms with Gasteiger partial charge in [-0.1, -0.05) is 17.7 Å². The SMILES string of the molecule is Cc1ccc(OCc2c(C(=O)NC3CCOC(C)(C)C3)c(=O)cc(C)n2CCN2CCOCC2)cc1. The Morgan fingerprint density at radius 2 is 1.83 bits per heavy atom. The maximum Gasteiger partial charge on any atom is 0.257 e. The zero-order valence-electron chi connectivity index (χ0n) is 22.0. The first kappa shape index (κ1) is 26.4. The molecule has 2 fully saturated rings. The zero-order chi connectivity index (χ0) is 25.7. The molecule has 1 amide bonds. The van der Waals surface area contributed by atoms with Crippen LogP contribution in [-0.4, -0.2) is 66.5 Å². The van der Waals surface area contributed by atoms with Gasteiger partial charge in [-0.15, -0.1) is 0 Å². The van der Waals surface area contributed by atoms with Crippen molar-refractivity contribution < 1.29 is 19.0 Å². The van der Waals surface area contributed by atoms with E-state index in [0.717, 1.165) is 50.5 Å². The average Bonchev–Trinajstić information content (AvgIpc) is 2.83. The Morgan fingerprint density at radius 3 is 2.53 bits per heavy atom. The van der Waals surface area contributed by atoms with Gasteiger partial charge in [0.1, 0.15) is 17.9 Å². The van der Waals surface area contributed by atoms with Gasteiger partial charge in [0.2, 0.25) is 0 Å². The molecule has 0 saturated carbocycles. The highest BCUT2D eigenvalue weighted by atomic mass is 16.5. The Kier molecular flexibility index (Phi) is 8.49. The van der Waals surface area contributed by atoms with Crippen LogP contribution in [0.4, 0.5) is 0 Å². The third kappa shape index (κ3) is 6.75. The molecule has 3 heterocycles. The fourth-order valence-electron chi connectivity index (χ4n) is 5.00. The van der Waals surface area contributed by atoms with E-state index in [2.05, 4.69) is 14.8 Å². The van der Waals surface area contributed by atoms with Crippen molar-refractivity contribution >= 4 is 5.91 Å². The topological polar surface area (TPSA) is 82.0 Å². The molecule has 8 heteroatoms. The zero-order valence-corrected chi connectivity index (χ0v) is 22.0. The molecule has 4 rings (SSSR count). The minimum Gasteiger partial charge on any atom is -0.487 e. The van der Waals surface area contributed by atoms with Gasteiger partial charge in [0, 0.05) is 50.6 Å². The number of aromatic nitrogens is 1. The molecule has 2 saturated heterocycles. The lowest BCUT2D eigenvalue weighted by Crippen LogP contribution is -2.47. The summed E-state index contributed by atoms with van der Waals surface area (Å²) in [5.41, 5.74) is 2.15. The number of amides is 1. The van der Waals surface area contributed by atoms with Crippen LogP contribution in [-0.2, 0) is 22.6 Å². The lowest BCUT2D eigenvalue weighted by molar-refractivity contribution is -0.0615. The summed E-state index contributed by atoms with van der Waals surface area (Å²) in [6.07, 6.45) is 1.42. The molecule has 196 valence electrons. The standard InChI is InChI=1S/C28H39N3O5/c1-20-5-7-23(8-6-20)35-19-24-26(27(33)29-22-9-14-36-28(3,4)18-22)25(32)17-21(2)31(24)11-10-30-12-15-34-16-13-30/h5-8,17,22H,9-16,18-19H2,1-4H3,(H,29,33). The molecular formula is C28H39N3O5. The fourth-order valence-corrected chi connectivity index (χ4v) is 5.00. The first-order valence-electron chi connectivity index (χ1n) is 12.9. The fraction of sp³-hybridized carbons (Fsp3) is 0.571. The molecule has 0 spiro atoms. The molecule has 2 aliphatic heterocycles. The van der Waals surface area contributed by atoms with Gasteiger partial charge < -0.3 is 24.1 Å². The highest BCUT2D eigenvalue weighted by Crippen LogP contribution is 2.24. The monoisotopic (exact) mass is 497 g/mol. The molecule has 2 aromatic rings. The molecule has 1 aromatic carbocycles. The molecule has 36 heavy (non-hydrogen) atoms. The molecule has 0 bridgehead atoms. The number of morpholine rings is 1. The summed E-state index contributed by atoms with van der Waals surface area (Å²) in [5, 5.41) is 3.12. The molecule has 0 aliphatic carbocycles. The van der Waals surface area contributed by atoms with E-state index in [1.165, 1.54) is 0 Å². The van der Waals surface area contributed by atoms with Gasteiger partial charge in [-0.2, -0.15) is 0 Å². The van der Waals surface area contributed by atoms with Gasteiger partial charge in [-0.25, -0.2) is 0 Å². The number of ether oxygens (including phenoxy) is 3. The Labute approximate surface area is 213 Å². The molecular weight excluding hydrogens is 458 g/mol. The summed E-state index contributed by atoms with van der Waals surface area (Å²) in [6, 6.07) is 9.30. The highest BCUT2D eigenvalue weighted by Gasteiger charge is 2.31. The number of aryl methyl sites for hydroxylation is 2. The summed E-state index contributed by atoms with van der Waals surface area (Å²) in [5.74, 6) is 0.358. The molecule has 1 aromatic heterocycles. The highest BCUT2D eigenvalue weighted by molar-refractivity contribution is 5.95. The molecule has 2 aliphatic rings.